The number of hydrogen-bond acceptors (Lipinski definition) is 9. The molecular weight excluding hydrogens is 820 g/mol. The number of nitriles is 1. The minimum Gasteiger partial charge on any atom is -0.490 e. The van der Waals surface area contributed by atoms with Crippen molar-refractivity contribution >= 4 is 68.6 Å². The Kier molecular flexibility index (Phi) is 10.6. The lowest BCUT2D eigenvalue weighted by atomic mass is 9.97. The van der Waals surface area contributed by atoms with Gasteiger partial charge in [0.1, 0.15) is 12.4 Å². The number of rotatable bonds is 10. The molecule has 0 unspecified atom stereocenters. The average Bonchev–Trinajstić information content (AvgIpc) is 3.35. The van der Waals surface area contributed by atoms with Gasteiger partial charge in [-0.3, -0.25) is 9.36 Å². The summed E-state index contributed by atoms with van der Waals surface area (Å²) in [7, 11) is 1.30. The molecule has 0 saturated carbocycles. The van der Waals surface area contributed by atoms with Gasteiger partial charge in [-0.25, -0.2) is 9.79 Å². The van der Waals surface area contributed by atoms with Gasteiger partial charge in [-0.1, -0.05) is 35.6 Å². The number of aromatic nitrogens is 1. The normalized spacial score (nSPS) is 14.1. The van der Waals surface area contributed by atoms with E-state index in [4.69, 9.17) is 18.9 Å². The van der Waals surface area contributed by atoms with Gasteiger partial charge in [0.15, 0.2) is 16.3 Å². The summed E-state index contributed by atoms with van der Waals surface area (Å²) in [4.78, 5) is 31.8. The third-order valence-electron chi connectivity index (χ3n) is 6.84. The maximum atomic E-state index is 14.0. The number of fused-ring (bicyclic) bond motifs is 1. The van der Waals surface area contributed by atoms with Crippen molar-refractivity contribution in [1.29, 1.82) is 5.26 Å². The molecule has 0 spiro atoms. The zero-order valence-corrected chi connectivity index (χ0v) is 29.6. The topological polar surface area (TPSA) is 112 Å². The zero-order chi connectivity index (χ0) is 32.1. The molecule has 2 heterocycles. The Morgan fingerprint density at radius 3 is 2.44 bits per heavy atom. The van der Waals surface area contributed by atoms with E-state index < -0.39 is 12.0 Å². The maximum Gasteiger partial charge on any atom is 0.337 e. The van der Waals surface area contributed by atoms with E-state index in [1.165, 1.54) is 29.2 Å². The summed E-state index contributed by atoms with van der Waals surface area (Å²) in [6.45, 7) is 4.90. The van der Waals surface area contributed by atoms with Crippen molar-refractivity contribution in [3.63, 3.8) is 0 Å². The molecule has 3 aromatic carbocycles. The number of nitrogens with zero attached hydrogens (tertiary/aromatic N) is 3. The fourth-order valence-electron chi connectivity index (χ4n) is 4.84. The lowest BCUT2D eigenvalue weighted by Gasteiger charge is -2.23. The maximum absolute atomic E-state index is 14.0. The molecule has 45 heavy (non-hydrogen) atoms. The van der Waals surface area contributed by atoms with Crippen molar-refractivity contribution < 1.29 is 23.7 Å². The Balaban J connectivity index is 1.54. The van der Waals surface area contributed by atoms with Gasteiger partial charge in [0.25, 0.3) is 5.56 Å². The zero-order valence-electron chi connectivity index (χ0n) is 24.5. The first-order valence-electron chi connectivity index (χ1n) is 13.9. The number of esters is 1. The molecule has 4 aromatic rings. The van der Waals surface area contributed by atoms with Gasteiger partial charge < -0.3 is 18.9 Å². The van der Waals surface area contributed by atoms with Crippen LogP contribution >= 0.6 is 56.5 Å². The van der Waals surface area contributed by atoms with E-state index in [1.807, 2.05) is 56.3 Å². The van der Waals surface area contributed by atoms with Crippen molar-refractivity contribution in [3.8, 4) is 23.3 Å². The third kappa shape index (κ3) is 6.95. The first-order valence-corrected chi connectivity index (χ1v) is 16.9. The summed E-state index contributed by atoms with van der Waals surface area (Å²) in [5.41, 5.74) is 2.78. The van der Waals surface area contributed by atoms with Gasteiger partial charge in [0.2, 0.25) is 0 Å². The second-order valence-corrected chi connectivity index (χ2v) is 13.0. The van der Waals surface area contributed by atoms with Crippen molar-refractivity contribution in [2.24, 2.45) is 4.99 Å². The van der Waals surface area contributed by atoms with E-state index in [1.54, 1.807) is 18.2 Å². The van der Waals surface area contributed by atoms with Crippen LogP contribution in [0.25, 0.3) is 6.08 Å². The highest BCUT2D eigenvalue weighted by Crippen LogP contribution is 2.35. The molecule has 0 fully saturated rings. The minimum atomic E-state index is -0.780. The molecule has 0 amide bonds. The molecule has 1 atom stereocenters. The average molecular weight is 847 g/mol. The van der Waals surface area contributed by atoms with Gasteiger partial charge in [-0.05, 0) is 107 Å². The number of hydrogen-bond donors (Lipinski definition) is 0. The molecule has 12 heteroatoms. The largest absolute Gasteiger partial charge is 0.490 e. The van der Waals surface area contributed by atoms with Crippen LogP contribution in [0.4, 0.5) is 0 Å². The van der Waals surface area contributed by atoms with Gasteiger partial charge in [-0.15, -0.1) is 0 Å². The summed E-state index contributed by atoms with van der Waals surface area (Å²) in [6, 6.07) is 18.0. The number of carbonyl (C=O) groups excluding carboxylic acids is 1. The Morgan fingerprint density at radius 1 is 1.04 bits per heavy atom. The number of thiazole rings is 1. The first kappa shape index (κ1) is 32.7. The molecule has 0 bridgehead atoms. The molecule has 5 rings (SSSR count). The van der Waals surface area contributed by atoms with Crippen LogP contribution in [0.3, 0.4) is 0 Å². The van der Waals surface area contributed by atoms with Crippen LogP contribution in [0.15, 0.2) is 76.2 Å². The number of methoxy groups -OCH3 is 1. The molecule has 0 aliphatic carbocycles. The van der Waals surface area contributed by atoms with Crippen molar-refractivity contribution in [1.82, 2.24) is 4.57 Å². The first-order chi connectivity index (χ1) is 21.8. The van der Waals surface area contributed by atoms with Gasteiger partial charge >= 0.3 is 5.97 Å². The van der Waals surface area contributed by atoms with E-state index in [0.29, 0.717) is 50.9 Å². The van der Waals surface area contributed by atoms with Gasteiger partial charge in [-0.2, -0.15) is 5.26 Å². The van der Waals surface area contributed by atoms with Crippen LogP contribution in [0.1, 0.15) is 42.1 Å². The van der Waals surface area contributed by atoms with Gasteiger partial charge in [0.05, 0.1) is 55.2 Å². The monoisotopic (exact) mass is 847 g/mol. The second kappa shape index (κ2) is 14.6. The number of ether oxygens (including phenoxy) is 4. The summed E-state index contributed by atoms with van der Waals surface area (Å²) in [5.74, 6) is 1.21. The molecule has 230 valence electrons. The number of benzene rings is 3. The van der Waals surface area contributed by atoms with E-state index >= 15 is 0 Å². The molecule has 1 aromatic heterocycles. The highest BCUT2D eigenvalue weighted by Gasteiger charge is 2.31. The number of carbonyl (C=O) groups is 1. The molecule has 1 aliphatic heterocycles. The van der Waals surface area contributed by atoms with Crippen molar-refractivity contribution in [2.45, 2.75) is 26.5 Å². The van der Waals surface area contributed by atoms with Crippen LogP contribution in [-0.2, 0) is 16.1 Å². The predicted molar refractivity (Wildman–Crippen MR) is 187 cm³/mol. The van der Waals surface area contributed by atoms with Crippen molar-refractivity contribution in [3.05, 3.63) is 115 Å². The number of halogens is 2. The standard InChI is InChI=1S/C33H27I2N3O6S/c1-4-42-26-11-10-20(15-27(26)43-5-2)29-23(32(40)41-3)17-37-33-38(29)31(39)28(45-33)14-19-12-24(34)30(25(35)13-19)44-18-22-9-7-6-8-21(22)16-36/h6-15,17,29H,4-5,18H2,1-3H3/b28-14-/t29-/m1/s1. The van der Waals surface area contributed by atoms with Crippen LogP contribution in [0, 0.1) is 18.5 Å². The predicted octanol–water partition coefficient (Wildman–Crippen LogP) is 5.48. The Labute approximate surface area is 290 Å². The molecule has 9 nitrogen and oxygen atoms in total. The van der Waals surface area contributed by atoms with Crippen LogP contribution < -0.4 is 29.1 Å². The highest BCUT2D eigenvalue weighted by atomic mass is 127. The fourth-order valence-corrected chi connectivity index (χ4v) is 7.94. The lowest BCUT2D eigenvalue weighted by Crippen LogP contribution is -2.39. The third-order valence-corrected chi connectivity index (χ3v) is 9.44. The summed E-state index contributed by atoms with van der Waals surface area (Å²) in [6.07, 6.45) is 3.27. The Bertz CT molecular complexity index is 2010. The lowest BCUT2D eigenvalue weighted by molar-refractivity contribution is -0.136. The minimum absolute atomic E-state index is 0.228. The van der Waals surface area contributed by atoms with E-state index in [-0.39, 0.29) is 17.7 Å². The van der Waals surface area contributed by atoms with Crippen LogP contribution in [0.2, 0.25) is 0 Å². The Hall–Kier alpha value is -3.68. The molecule has 1 aliphatic rings. The second-order valence-electron chi connectivity index (χ2n) is 9.62. The van der Waals surface area contributed by atoms with Gasteiger partial charge in [0, 0.05) is 11.8 Å². The quantitative estimate of drug-likeness (QED) is 0.154. The molecule has 0 N–H and O–H groups in total. The van der Waals surface area contributed by atoms with Crippen LogP contribution in [0.5, 0.6) is 17.2 Å². The summed E-state index contributed by atoms with van der Waals surface area (Å²) in [5, 5.41) is 9.40. The summed E-state index contributed by atoms with van der Waals surface area (Å²) >= 11 is 5.66. The molecule has 0 radical (unpaired) electrons. The smallest absolute Gasteiger partial charge is 0.337 e. The van der Waals surface area contributed by atoms with Crippen molar-refractivity contribution in [2.75, 3.05) is 20.3 Å². The van der Waals surface area contributed by atoms with E-state index in [2.05, 4.69) is 56.2 Å². The highest BCUT2D eigenvalue weighted by molar-refractivity contribution is 14.1. The molecule has 0 saturated heterocycles. The Morgan fingerprint density at radius 2 is 1.76 bits per heavy atom. The van der Waals surface area contributed by atoms with E-state index in [9.17, 15) is 14.9 Å². The van der Waals surface area contributed by atoms with Crippen LogP contribution in [-0.4, -0.2) is 30.9 Å². The SMILES string of the molecule is CCOc1ccc([C@@H]2C(C(=O)OC)=CN=c3s/c(=C\c4cc(I)c(OCc5ccccc5C#N)c(I)c4)c(=O)n32)cc1OCC. The fraction of sp³-hybridized carbons (Fsp3) is 0.212. The summed E-state index contributed by atoms with van der Waals surface area (Å²) < 4.78 is 26.4. The molecular formula is C33H27I2N3O6S. The van der Waals surface area contributed by atoms with E-state index in [0.717, 1.165) is 18.3 Å².